The molecule has 5 heteroatoms. The molecule has 2 aromatic carbocycles. The molecule has 2 heterocycles. The second-order valence-corrected chi connectivity index (χ2v) is 8.08. The SMILES string of the molecule is CCc1ccc(N2C[C@H](C(=O)N3CCN(c4cccc(C)c4)CC3)CC2=O)cc1. The standard InChI is InChI=1S/C24H29N3O2/c1-3-19-7-9-21(10-8-19)27-17-20(16-23(27)28)24(29)26-13-11-25(12-14-26)22-6-4-5-18(2)15-22/h4-10,15,20H,3,11-14,16-17H2,1-2H3/t20-/m1/s1. The van der Waals surface area contributed by atoms with Crippen LogP contribution in [0.3, 0.4) is 0 Å². The summed E-state index contributed by atoms with van der Waals surface area (Å²) < 4.78 is 0. The fourth-order valence-electron chi connectivity index (χ4n) is 4.30. The van der Waals surface area contributed by atoms with Crippen LogP contribution in [0.1, 0.15) is 24.5 Å². The molecule has 0 saturated carbocycles. The lowest BCUT2D eigenvalue weighted by Gasteiger charge is -2.37. The Bertz CT molecular complexity index is 885. The summed E-state index contributed by atoms with van der Waals surface area (Å²) in [5.74, 6) is -0.0696. The van der Waals surface area contributed by atoms with Crippen LogP contribution in [0.25, 0.3) is 0 Å². The number of piperazine rings is 1. The molecule has 2 aliphatic heterocycles. The van der Waals surface area contributed by atoms with Gasteiger partial charge in [0.05, 0.1) is 5.92 Å². The predicted octanol–water partition coefficient (Wildman–Crippen LogP) is 3.26. The van der Waals surface area contributed by atoms with E-state index in [1.165, 1.54) is 16.8 Å². The lowest BCUT2D eigenvalue weighted by atomic mass is 10.1. The van der Waals surface area contributed by atoms with E-state index in [9.17, 15) is 9.59 Å². The van der Waals surface area contributed by atoms with Gasteiger partial charge in [-0.3, -0.25) is 9.59 Å². The van der Waals surface area contributed by atoms with Crippen LogP contribution in [0.2, 0.25) is 0 Å². The van der Waals surface area contributed by atoms with Gasteiger partial charge in [-0.05, 0) is 48.7 Å². The number of hydrogen-bond donors (Lipinski definition) is 0. The third-order valence-electron chi connectivity index (χ3n) is 6.09. The summed E-state index contributed by atoms with van der Waals surface area (Å²) in [4.78, 5) is 31.6. The molecule has 29 heavy (non-hydrogen) atoms. The molecule has 2 aromatic rings. The van der Waals surface area contributed by atoms with E-state index in [2.05, 4.69) is 55.1 Å². The maximum atomic E-state index is 13.0. The Hall–Kier alpha value is -2.82. The second-order valence-electron chi connectivity index (χ2n) is 8.08. The van der Waals surface area contributed by atoms with Gasteiger partial charge in [0.1, 0.15) is 0 Å². The number of hydrogen-bond acceptors (Lipinski definition) is 3. The van der Waals surface area contributed by atoms with Crippen LogP contribution >= 0.6 is 0 Å². The number of benzene rings is 2. The first-order valence-electron chi connectivity index (χ1n) is 10.5. The average molecular weight is 392 g/mol. The minimum Gasteiger partial charge on any atom is -0.368 e. The van der Waals surface area contributed by atoms with Gasteiger partial charge >= 0.3 is 0 Å². The molecule has 0 aromatic heterocycles. The Labute approximate surface area is 172 Å². The molecule has 0 bridgehead atoms. The molecule has 2 saturated heterocycles. The molecule has 1 atom stereocenters. The molecule has 0 unspecified atom stereocenters. The van der Waals surface area contributed by atoms with Gasteiger partial charge in [0.15, 0.2) is 0 Å². The molecular formula is C24H29N3O2. The first-order chi connectivity index (χ1) is 14.0. The molecule has 0 aliphatic carbocycles. The quantitative estimate of drug-likeness (QED) is 0.804. The molecular weight excluding hydrogens is 362 g/mol. The van der Waals surface area contributed by atoms with E-state index >= 15 is 0 Å². The molecule has 2 fully saturated rings. The first-order valence-corrected chi connectivity index (χ1v) is 10.5. The molecule has 0 radical (unpaired) electrons. The van der Waals surface area contributed by atoms with E-state index in [0.717, 1.165) is 25.2 Å². The summed E-state index contributed by atoms with van der Waals surface area (Å²) in [6, 6.07) is 16.6. The van der Waals surface area contributed by atoms with Crippen LogP contribution in [0.4, 0.5) is 11.4 Å². The molecule has 5 nitrogen and oxygen atoms in total. The van der Waals surface area contributed by atoms with Crippen molar-refractivity contribution >= 4 is 23.2 Å². The molecule has 152 valence electrons. The summed E-state index contributed by atoms with van der Waals surface area (Å²) in [5.41, 5.74) is 4.61. The number of aryl methyl sites for hydroxylation is 2. The third-order valence-corrected chi connectivity index (χ3v) is 6.09. The maximum absolute atomic E-state index is 13.0. The van der Waals surface area contributed by atoms with Crippen LogP contribution in [0.15, 0.2) is 48.5 Å². The molecule has 4 rings (SSSR count). The Morgan fingerprint density at radius 3 is 2.38 bits per heavy atom. The first kappa shape index (κ1) is 19.5. The topological polar surface area (TPSA) is 43.9 Å². The van der Waals surface area contributed by atoms with Gasteiger partial charge in [-0.1, -0.05) is 31.2 Å². The van der Waals surface area contributed by atoms with Crippen molar-refractivity contribution in [3.63, 3.8) is 0 Å². The Morgan fingerprint density at radius 1 is 1.00 bits per heavy atom. The van der Waals surface area contributed by atoms with Crippen LogP contribution in [-0.4, -0.2) is 49.4 Å². The van der Waals surface area contributed by atoms with Gasteiger partial charge in [-0.2, -0.15) is 0 Å². The lowest BCUT2D eigenvalue weighted by Crippen LogP contribution is -2.50. The molecule has 0 N–H and O–H groups in total. The number of rotatable bonds is 4. The average Bonchev–Trinajstić information content (AvgIpc) is 3.15. The molecule has 0 spiro atoms. The van der Waals surface area contributed by atoms with Crippen LogP contribution in [0, 0.1) is 12.8 Å². The van der Waals surface area contributed by atoms with Crippen molar-refractivity contribution in [2.24, 2.45) is 5.92 Å². The molecule has 2 amide bonds. The van der Waals surface area contributed by atoms with Crippen LogP contribution in [-0.2, 0) is 16.0 Å². The van der Waals surface area contributed by atoms with E-state index in [1.807, 2.05) is 17.0 Å². The summed E-state index contributed by atoms with van der Waals surface area (Å²) in [5, 5.41) is 0. The number of nitrogens with zero attached hydrogens (tertiary/aromatic N) is 3. The summed E-state index contributed by atoms with van der Waals surface area (Å²) in [6.07, 6.45) is 1.29. The fraction of sp³-hybridized carbons (Fsp3) is 0.417. The Balaban J connectivity index is 1.36. The van der Waals surface area contributed by atoms with Crippen LogP contribution in [0.5, 0.6) is 0 Å². The van der Waals surface area contributed by atoms with Crippen molar-refractivity contribution in [3.05, 3.63) is 59.7 Å². The second kappa shape index (κ2) is 8.27. The highest BCUT2D eigenvalue weighted by Gasteiger charge is 2.37. The highest BCUT2D eigenvalue weighted by molar-refractivity contribution is 6.00. The lowest BCUT2D eigenvalue weighted by molar-refractivity contribution is -0.136. The van der Waals surface area contributed by atoms with Gasteiger partial charge in [0, 0.05) is 50.5 Å². The zero-order valence-electron chi connectivity index (χ0n) is 17.3. The van der Waals surface area contributed by atoms with Gasteiger partial charge in [0.25, 0.3) is 0 Å². The van der Waals surface area contributed by atoms with E-state index in [1.54, 1.807) is 4.90 Å². The zero-order chi connectivity index (χ0) is 20.4. The van der Waals surface area contributed by atoms with Gasteiger partial charge in [-0.25, -0.2) is 0 Å². The largest absolute Gasteiger partial charge is 0.368 e. The fourth-order valence-corrected chi connectivity index (χ4v) is 4.30. The van der Waals surface area contributed by atoms with Crippen LogP contribution < -0.4 is 9.80 Å². The normalized spacial score (nSPS) is 19.7. The van der Waals surface area contributed by atoms with Crippen molar-refractivity contribution in [1.29, 1.82) is 0 Å². The minimum atomic E-state index is -0.237. The number of amides is 2. The van der Waals surface area contributed by atoms with E-state index < -0.39 is 0 Å². The van der Waals surface area contributed by atoms with E-state index in [4.69, 9.17) is 0 Å². The Kier molecular flexibility index (Phi) is 5.56. The third kappa shape index (κ3) is 4.14. The monoisotopic (exact) mass is 391 g/mol. The molecule has 2 aliphatic rings. The van der Waals surface area contributed by atoms with E-state index in [0.29, 0.717) is 26.1 Å². The predicted molar refractivity (Wildman–Crippen MR) is 116 cm³/mol. The van der Waals surface area contributed by atoms with Crippen molar-refractivity contribution in [2.45, 2.75) is 26.7 Å². The number of carbonyl (C=O) groups excluding carboxylic acids is 2. The van der Waals surface area contributed by atoms with Crippen molar-refractivity contribution in [1.82, 2.24) is 4.90 Å². The van der Waals surface area contributed by atoms with Crippen molar-refractivity contribution in [3.8, 4) is 0 Å². The highest BCUT2D eigenvalue weighted by atomic mass is 16.2. The van der Waals surface area contributed by atoms with E-state index in [-0.39, 0.29) is 17.7 Å². The summed E-state index contributed by atoms with van der Waals surface area (Å²) >= 11 is 0. The van der Waals surface area contributed by atoms with Crippen molar-refractivity contribution < 1.29 is 9.59 Å². The number of anilines is 2. The zero-order valence-corrected chi connectivity index (χ0v) is 17.3. The van der Waals surface area contributed by atoms with Crippen molar-refractivity contribution in [2.75, 3.05) is 42.5 Å². The number of carbonyl (C=O) groups is 2. The summed E-state index contributed by atoms with van der Waals surface area (Å²) in [6.45, 7) is 7.79. The highest BCUT2D eigenvalue weighted by Crippen LogP contribution is 2.27. The van der Waals surface area contributed by atoms with Gasteiger partial charge in [0.2, 0.25) is 11.8 Å². The van der Waals surface area contributed by atoms with Gasteiger partial charge < -0.3 is 14.7 Å². The summed E-state index contributed by atoms with van der Waals surface area (Å²) in [7, 11) is 0. The van der Waals surface area contributed by atoms with Gasteiger partial charge in [-0.15, -0.1) is 0 Å². The smallest absolute Gasteiger partial charge is 0.228 e. The Morgan fingerprint density at radius 2 is 1.72 bits per heavy atom. The minimum absolute atomic E-state index is 0.0472. The maximum Gasteiger partial charge on any atom is 0.228 e.